The highest BCUT2D eigenvalue weighted by molar-refractivity contribution is 7.86. The van der Waals surface area contributed by atoms with Crippen LogP contribution in [0.25, 0.3) is 0 Å². The average molecular weight is 1680 g/mol. The van der Waals surface area contributed by atoms with E-state index in [9.17, 15) is 49.2 Å². The summed E-state index contributed by atoms with van der Waals surface area (Å²) in [6.07, 6.45) is 13.5. The van der Waals surface area contributed by atoms with Gasteiger partial charge in [-0.1, -0.05) is 54.6 Å². The first kappa shape index (κ1) is 98.3. The maximum atomic E-state index is 12.8. The third-order valence-corrected chi connectivity index (χ3v) is 19.8. The molecule has 6 saturated heterocycles. The van der Waals surface area contributed by atoms with Gasteiger partial charge in [0.2, 0.25) is 0 Å². The molecule has 31 heteroatoms. The lowest BCUT2D eigenvalue weighted by molar-refractivity contribution is 0.0783. The quantitative estimate of drug-likeness (QED) is 0.0362. The van der Waals surface area contributed by atoms with Crippen LogP contribution in [0, 0.1) is 53.0 Å². The summed E-state index contributed by atoms with van der Waals surface area (Å²) >= 11 is 0. The van der Waals surface area contributed by atoms with Crippen LogP contribution in [0.3, 0.4) is 0 Å². The van der Waals surface area contributed by atoms with Gasteiger partial charge in [0.25, 0.3) is 20.2 Å². The Bertz CT molecular complexity index is 3800. The van der Waals surface area contributed by atoms with Gasteiger partial charge in [0.1, 0.15) is 51.9 Å². The second kappa shape index (κ2) is 57.0. The molecule has 6 aromatic rings. The van der Waals surface area contributed by atoms with E-state index in [1.165, 1.54) is 80.8 Å². The minimum Gasteiger partial charge on any atom is -0.508 e. The van der Waals surface area contributed by atoms with Crippen LogP contribution in [0.4, 0.5) is 32.3 Å². The number of aromatic hydroxyl groups is 2. The Kier molecular flexibility index (Phi) is 47.9. The number of nitrogens with one attached hydrogen (secondary N) is 2. The van der Waals surface area contributed by atoms with E-state index in [0.717, 1.165) is 134 Å². The molecule has 12 rings (SSSR count). The number of halogens is 3. The Labute approximate surface area is 690 Å². The van der Waals surface area contributed by atoms with E-state index < -0.39 is 20.2 Å². The number of hydrogen-bond acceptors (Lipinski definition) is 22. The molecule has 6 heterocycles. The Morgan fingerprint density at radius 2 is 0.598 bits per heavy atom. The SMILES string of the molecule is CCOC(=O)N1CCCC(COS(C)(=O)=O)C1.CCOC(=O)N1CCCC(COS(C)(=O)=O)C1.CCOC(=O)N1CCCC(COc2ccc(F)cc2)C1.CCOC(=O)N1CCCC(COc2ccccc2)C1.Fc1ccc(OCC2CCCNC2)cc1.Oc1ccc(F)cc1.Oc1ccccc1.c1ccc(OCC2CCCNC2)cc1. The second-order valence-corrected chi connectivity index (χ2v) is 31.9. The zero-order valence-electron chi connectivity index (χ0n) is 68.6. The monoisotopic (exact) mass is 1680 g/mol. The van der Waals surface area contributed by atoms with Crippen molar-refractivity contribution < 1.29 is 106 Å². The van der Waals surface area contributed by atoms with Crippen LogP contribution in [0.1, 0.15) is 105 Å². The molecule has 6 unspecified atom stereocenters. The number of phenolic OH excluding ortho intramolecular Hbond substituents is 2. The van der Waals surface area contributed by atoms with Crippen LogP contribution in [0.5, 0.6) is 34.5 Å². The molecule has 117 heavy (non-hydrogen) atoms. The Morgan fingerprint density at radius 3 is 0.846 bits per heavy atom. The van der Waals surface area contributed by atoms with E-state index >= 15 is 0 Å². The van der Waals surface area contributed by atoms with Crippen molar-refractivity contribution >= 4 is 44.6 Å². The first-order valence-corrected chi connectivity index (χ1v) is 44.0. The lowest BCUT2D eigenvalue weighted by Gasteiger charge is -2.31. The summed E-state index contributed by atoms with van der Waals surface area (Å²) in [5.41, 5.74) is 0. The zero-order valence-corrected chi connectivity index (χ0v) is 70.2. The van der Waals surface area contributed by atoms with E-state index in [1.807, 2.05) is 73.7 Å². The average Bonchev–Trinajstić information content (AvgIpc) is 0.886. The fourth-order valence-electron chi connectivity index (χ4n) is 12.7. The molecule has 0 saturated carbocycles. The molecule has 4 N–H and O–H groups in total. The van der Waals surface area contributed by atoms with Gasteiger partial charge in [-0.2, -0.15) is 16.8 Å². The minimum absolute atomic E-state index is 0.0582. The smallest absolute Gasteiger partial charge is 0.409 e. The number of hydrogen-bond donors (Lipinski definition) is 4. The van der Waals surface area contributed by atoms with Crippen molar-refractivity contribution in [1.82, 2.24) is 30.2 Å². The Morgan fingerprint density at radius 1 is 0.350 bits per heavy atom. The van der Waals surface area contributed by atoms with E-state index in [1.54, 1.807) is 88.9 Å². The number of amides is 4. The maximum Gasteiger partial charge on any atom is 0.409 e. The molecule has 6 fully saturated rings. The summed E-state index contributed by atoms with van der Waals surface area (Å²) in [5, 5.41) is 24.0. The number of rotatable bonds is 22. The maximum absolute atomic E-state index is 12.8. The van der Waals surface area contributed by atoms with Crippen LogP contribution in [0.2, 0.25) is 0 Å². The van der Waals surface area contributed by atoms with Gasteiger partial charge in [-0.05, 0) is 227 Å². The van der Waals surface area contributed by atoms with Gasteiger partial charge in [-0.3, -0.25) is 8.37 Å². The number of piperidine rings is 6. The number of carbonyl (C=O) groups excluding carboxylic acids is 4. The summed E-state index contributed by atoms with van der Waals surface area (Å²) in [4.78, 5) is 53.0. The number of likely N-dealkylation sites (tertiary alicyclic amines) is 4. The van der Waals surface area contributed by atoms with Gasteiger partial charge < -0.3 is 78.3 Å². The summed E-state index contributed by atoms with van der Waals surface area (Å²) in [6, 6.07) is 45.7. The standard InChI is InChI=1S/C15H20FNO3.C15H21NO3.C12H16FNO.C12H17NO.2C10H19NO5S.C6H5FO.C6H6O/c1-2-19-15(18)17-9-3-4-12(10-17)11-20-14-7-5-13(16)6-8-14;1-2-18-15(17)16-10-6-7-13(11-16)12-19-14-8-4-3-5-9-14;13-11-3-5-12(6-4-11)15-9-10-2-1-7-14-8-10;1-2-6-12(7-3-1)14-10-11-5-4-8-13-9-11;2*1-3-15-10(12)11-6-4-5-9(7-11)8-16-17(2,13)14;7-5-1-3-6(8)4-2-5;7-6-4-2-1-3-5-6/h5-8,12H,2-4,9-11H2,1H3;3-5,8-9,13H,2,6-7,10-12H2,1H3;3-6,10,14H,1-2,7-9H2;1-3,6-7,11,13H,4-5,8-10H2;2*9H,3-8H2,1-2H3;1-4,8H;1-5,7H. The zero-order chi connectivity index (χ0) is 84.9. The van der Waals surface area contributed by atoms with Crippen LogP contribution >= 0.6 is 0 Å². The normalized spacial score (nSPS) is 18.9. The molecule has 6 aliphatic heterocycles. The number of nitrogens with zero attached hydrogens (tertiary/aromatic N) is 4. The molecule has 6 atom stereocenters. The molecule has 0 radical (unpaired) electrons. The van der Waals surface area contributed by atoms with Gasteiger partial charge in [0.05, 0.1) is 78.6 Å². The van der Waals surface area contributed by atoms with Crippen LogP contribution in [-0.4, -0.2) is 228 Å². The molecule has 6 aromatic carbocycles. The first-order chi connectivity index (χ1) is 56.3. The topological polar surface area (TPSA) is 306 Å². The van der Waals surface area contributed by atoms with Crippen LogP contribution < -0.4 is 29.6 Å². The largest absolute Gasteiger partial charge is 0.508 e. The Hall–Kier alpha value is -9.27. The summed E-state index contributed by atoms with van der Waals surface area (Å²) < 4.78 is 133. The van der Waals surface area contributed by atoms with E-state index in [-0.39, 0.29) is 72.6 Å². The number of benzene rings is 6. The number of ether oxygens (including phenoxy) is 8. The minimum atomic E-state index is -3.41. The molecular formula is C86H123F3N6O20S2. The van der Waals surface area contributed by atoms with Gasteiger partial charge in [0, 0.05) is 101 Å². The van der Waals surface area contributed by atoms with Crippen molar-refractivity contribution in [2.45, 2.75) is 105 Å². The van der Waals surface area contributed by atoms with Gasteiger partial charge >= 0.3 is 24.4 Å². The highest BCUT2D eigenvalue weighted by atomic mass is 32.2. The van der Waals surface area contributed by atoms with Gasteiger partial charge in [-0.25, -0.2) is 32.3 Å². The van der Waals surface area contributed by atoms with Gasteiger partial charge in [0.15, 0.2) is 0 Å². The van der Waals surface area contributed by atoms with E-state index in [4.69, 9.17) is 56.5 Å². The second-order valence-electron chi connectivity index (χ2n) is 28.6. The molecular weight excluding hydrogens is 1560 g/mol. The van der Waals surface area contributed by atoms with Crippen molar-refractivity contribution in [3.63, 3.8) is 0 Å². The fraction of sp³-hybridized carbons (Fsp3) is 0.535. The fourth-order valence-corrected chi connectivity index (χ4v) is 13.6. The number of phenols is 2. The van der Waals surface area contributed by atoms with E-state index in [2.05, 4.69) is 10.6 Å². The van der Waals surface area contributed by atoms with Crippen molar-refractivity contribution in [1.29, 1.82) is 0 Å². The van der Waals surface area contributed by atoms with Crippen LogP contribution in [-0.2, 0) is 47.5 Å². The molecule has 26 nitrogen and oxygen atoms in total. The summed E-state index contributed by atoms with van der Waals surface area (Å²) in [7, 11) is -6.81. The van der Waals surface area contributed by atoms with Crippen molar-refractivity contribution in [2.24, 2.45) is 35.5 Å². The number of para-hydroxylation sites is 3. The molecule has 6 aliphatic rings. The van der Waals surface area contributed by atoms with Crippen LogP contribution in [0.15, 0.2) is 164 Å². The lowest BCUT2D eigenvalue weighted by Crippen LogP contribution is -2.41. The summed E-state index contributed by atoms with van der Waals surface area (Å²) in [6.45, 7) is 21.3. The molecule has 0 bridgehead atoms. The molecule has 4 amide bonds. The molecule has 0 aliphatic carbocycles. The highest BCUT2D eigenvalue weighted by Gasteiger charge is 2.29. The van der Waals surface area contributed by atoms with E-state index in [0.29, 0.717) is 108 Å². The van der Waals surface area contributed by atoms with Crippen molar-refractivity contribution in [3.8, 4) is 34.5 Å². The molecule has 0 spiro atoms. The summed E-state index contributed by atoms with van der Waals surface area (Å²) in [5.74, 6) is 4.92. The Balaban J connectivity index is 0.000000242. The predicted octanol–water partition coefficient (Wildman–Crippen LogP) is 14.9. The lowest BCUT2D eigenvalue weighted by atomic mass is 9.99. The third kappa shape index (κ3) is 45.3. The third-order valence-electron chi connectivity index (χ3n) is 18.7. The van der Waals surface area contributed by atoms with Crippen molar-refractivity contribution in [3.05, 3.63) is 181 Å². The number of carbonyl (C=O) groups is 4. The molecule has 650 valence electrons. The first-order valence-electron chi connectivity index (χ1n) is 40.4. The van der Waals surface area contributed by atoms with Crippen molar-refractivity contribution in [2.75, 3.05) is 157 Å². The van der Waals surface area contributed by atoms with Gasteiger partial charge in [-0.15, -0.1) is 0 Å². The highest BCUT2D eigenvalue weighted by Crippen LogP contribution is 2.25. The predicted molar refractivity (Wildman–Crippen MR) is 442 cm³/mol. The molecule has 0 aromatic heterocycles.